The van der Waals surface area contributed by atoms with Crippen molar-refractivity contribution in [3.05, 3.63) is 39.8 Å². The van der Waals surface area contributed by atoms with E-state index < -0.39 is 27.7 Å². The number of aryl methyl sites for hydroxylation is 1. The van der Waals surface area contributed by atoms with E-state index in [0.29, 0.717) is 18.5 Å². The Labute approximate surface area is 173 Å². The lowest BCUT2D eigenvalue weighted by atomic mass is 9.98. The number of benzene rings is 1. The Morgan fingerprint density at radius 2 is 2.03 bits per heavy atom. The van der Waals surface area contributed by atoms with Crippen LogP contribution in [0.1, 0.15) is 61.5 Å². The van der Waals surface area contributed by atoms with Crippen LogP contribution in [-0.4, -0.2) is 44.1 Å². The van der Waals surface area contributed by atoms with E-state index in [4.69, 9.17) is 0 Å². The highest BCUT2D eigenvalue weighted by Gasteiger charge is 2.30. The fourth-order valence-corrected chi connectivity index (χ4v) is 4.94. The van der Waals surface area contributed by atoms with E-state index in [1.807, 2.05) is 38.9 Å². The van der Waals surface area contributed by atoms with Gasteiger partial charge >= 0.3 is 6.03 Å². The van der Waals surface area contributed by atoms with Gasteiger partial charge < -0.3 is 15.3 Å². The zero-order valence-electron chi connectivity index (χ0n) is 17.6. The van der Waals surface area contributed by atoms with Gasteiger partial charge in [-0.1, -0.05) is 19.1 Å². The number of fused-ring (bicyclic) bond motifs is 2. The highest BCUT2D eigenvalue weighted by Crippen LogP contribution is 2.42. The molecule has 0 saturated carbocycles. The van der Waals surface area contributed by atoms with Gasteiger partial charge in [0.05, 0.1) is 6.10 Å². The van der Waals surface area contributed by atoms with Gasteiger partial charge in [-0.15, -0.1) is 0 Å². The molecule has 0 heterocycles. The summed E-state index contributed by atoms with van der Waals surface area (Å²) in [7, 11) is -0.174. The largest absolute Gasteiger partial charge is 0.388 e. The van der Waals surface area contributed by atoms with Gasteiger partial charge in [0, 0.05) is 16.6 Å². The number of hydrogen-bond donors (Lipinski definition) is 3. The van der Waals surface area contributed by atoms with Crippen LogP contribution in [0.25, 0.3) is 0 Å². The van der Waals surface area contributed by atoms with E-state index in [9.17, 15) is 18.3 Å². The van der Waals surface area contributed by atoms with Crippen molar-refractivity contribution in [2.24, 2.45) is 0 Å². The number of sulfonamides is 1. The van der Waals surface area contributed by atoms with Gasteiger partial charge in [0.1, 0.15) is 0 Å². The average molecular weight is 422 g/mol. The van der Waals surface area contributed by atoms with Gasteiger partial charge in [-0.25, -0.2) is 17.9 Å². The number of aliphatic hydroxyl groups is 1. The molecule has 7 nitrogen and oxygen atoms in total. The minimum absolute atomic E-state index is 0.428. The number of urea groups is 1. The van der Waals surface area contributed by atoms with Gasteiger partial charge in [0.2, 0.25) is 0 Å². The fourth-order valence-electron chi connectivity index (χ4n) is 4.09. The third-order valence-corrected chi connectivity index (χ3v) is 7.35. The Morgan fingerprint density at radius 3 is 2.69 bits per heavy atom. The molecule has 2 aliphatic rings. The summed E-state index contributed by atoms with van der Waals surface area (Å²) in [5.74, 6) is 0. The molecule has 0 bridgehead atoms. The van der Waals surface area contributed by atoms with E-state index in [1.54, 1.807) is 6.08 Å². The topological polar surface area (TPSA) is 98.7 Å². The zero-order chi connectivity index (χ0) is 21.4. The highest BCUT2D eigenvalue weighted by atomic mass is 32.2. The molecule has 0 aliphatic heterocycles. The van der Waals surface area contributed by atoms with Crippen molar-refractivity contribution in [1.29, 1.82) is 0 Å². The van der Waals surface area contributed by atoms with Gasteiger partial charge in [0.15, 0.2) is 0 Å². The molecule has 2 atom stereocenters. The first-order chi connectivity index (χ1) is 13.6. The SMILES string of the molecule is CC[C@](C)(/C=C/S(=O)(=O)NC(=O)Nc1c2c(cc3c1CCC3O)CCC2)N(C)C. The molecule has 0 radical (unpaired) electrons. The lowest BCUT2D eigenvalue weighted by Gasteiger charge is -2.32. The third-order valence-electron chi connectivity index (χ3n) is 6.39. The predicted octanol–water partition coefficient (Wildman–Crippen LogP) is 2.85. The summed E-state index contributed by atoms with van der Waals surface area (Å²) in [6.45, 7) is 3.91. The van der Waals surface area contributed by atoms with Crippen molar-refractivity contribution in [3.8, 4) is 0 Å². The molecule has 0 spiro atoms. The second-order valence-electron chi connectivity index (χ2n) is 8.37. The number of amides is 2. The number of nitrogens with zero attached hydrogens (tertiary/aromatic N) is 1. The Bertz CT molecular complexity index is 940. The molecule has 3 rings (SSSR count). The number of carbonyl (C=O) groups is 1. The third kappa shape index (κ3) is 4.49. The maximum Gasteiger partial charge on any atom is 0.333 e. The highest BCUT2D eigenvalue weighted by molar-refractivity contribution is 7.92. The molecule has 3 N–H and O–H groups in total. The molecular weight excluding hydrogens is 390 g/mol. The maximum atomic E-state index is 12.5. The summed E-state index contributed by atoms with van der Waals surface area (Å²) in [6.07, 6.45) is 5.83. The lowest BCUT2D eigenvalue weighted by molar-refractivity contribution is 0.180. The summed E-state index contributed by atoms with van der Waals surface area (Å²) < 4.78 is 26.9. The molecule has 0 fully saturated rings. The summed E-state index contributed by atoms with van der Waals surface area (Å²) >= 11 is 0. The van der Waals surface area contributed by atoms with Crippen LogP contribution in [0.5, 0.6) is 0 Å². The van der Waals surface area contributed by atoms with Crippen molar-refractivity contribution >= 4 is 21.7 Å². The number of carbonyl (C=O) groups excluding carboxylic acids is 1. The van der Waals surface area contributed by atoms with Crippen molar-refractivity contribution in [1.82, 2.24) is 9.62 Å². The van der Waals surface area contributed by atoms with Crippen LogP contribution < -0.4 is 10.0 Å². The molecule has 1 aromatic rings. The second-order valence-corrected chi connectivity index (χ2v) is 9.94. The minimum Gasteiger partial charge on any atom is -0.388 e. The van der Waals surface area contributed by atoms with Crippen LogP contribution in [0, 0.1) is 0 Å². The van der Waals surface area contributed by atoms with E-state index >= 15 is 0 Å². The molecule has 1 aromatic carbocycles. The Balaban J connectivity index is 1.79. The standard InChI is InChI=1S/C21H31N3O4S/c1-5-21(2,24(3)4)11-12-29(27,28)23-20(26)22-19-15-8-6-7-14(15)13-17-16(19)9-10-18(17)25/h11-13,18,25H,5-10H2,1-4H3,(H2,22,23,26)/b12-11+/t18?,21-/m1/s1. The number of anilines is 1. The number of rotatable bonds is 6. The maximum absolute atomic E-state index is 12.5. The molecule has 0 aromatic heterocycles. The van der Waals surface area contributed by atoms with Crippen molar-refractivity contribution in [3.63, 3.8) is 0 Å². The van der Waals surface area contributed by atoms with E-state index in [2.05, 4.69) is 10.0 Å². The van der Waals surface area contributed by atoms with Crippen LogP contribution in [0.4, 0.5) is 10.5 Å². The second kappa shape index (κ2) is 8.08. The van der Waals surface area contributed by atoms with Gasteiger partial charge in [0.25, 0.3) is 10.0 Å². The first-order valence-electron chi connectivity index (χ1n) is 10.1. The molecule has 29 heavy (non-hydrogen) atoms. The number of likely N-dealkylation sites (N-methyl/N-ethyl adjacent to an activating group) is 1. The Hall–Kier alpha value is -1.90. The molecule has 160 valence electrons. The number of aliphatic hydroxyl groups excluding tert-OH is 1. The number of nitrogens with one attached hydrogen (secondary N) is 2. The lowest BCUT2D eigenvalue weighted by Crippen LogP contribution is -2.39. The van der Waals surface area contributed by atoms with Crippen LogP contribution in [0.3, 0.4) is 0 Å². The van der Waals surface area contributed by atoms with Gasteiger partial charge in [-0.2, -0.15) is 0 Å². The van der Waals surface area contributed by atoms with Gasteiger partial charge in [-0.3, -0.25) is 0 Å². The summed E-state index contributed by atoms with van der Waals surface area (Å²) in [6, 6.07) is 1.27. The summed E-state index contributed by atoms with van der Waals surface area (Å²) in [4.78, 5) is 14.5. The molecule has 0 saturated heterocycles. The molecular formula is C21H31N3O4S. The first-order valence-corrected chi connectivity index (χ1v) is 11.7. The predicted molar refractivity (Wildman–Crippen MR) is 114 cm³/mol. The van der Waals surface area contributed by atoms with Crippen LogP contribution in [0.15, 0.2) is 17.6 Å². The molecule has 1 unspecified atom stereocenters. The van der Waals surface area contributed by atoms with Crippen molar-refractivity contribution in [2.75, 3.05) is 19.4 Å². The summed E-state index contributed by atoms with van der Waals surface area (Å²) in [5, 5.41) is 14.1. The molecule has 8 heteroatoms. The smallest absolute Gasteiger partial charge is 0.333 e. The van der Waals surface area contributed by atoms with Crippen molar-refractivity contribution in [2.45, 2.75) is 64.0 Å². The Morgan fingerprint density at radius 1 is 1.31 bits per heavy atom. The van der Waals surface area contributed by atoms with Crippen LogP contribution in [0.2, 0.25) is 0 Å². The van der Waals surface area contributed by atoms with Gasteiger partial charge in [-0.05, 0) is 81.8 Å². The van der Waals surface area contributed by atoms with Crippen LogP contribution >= 0.6 is 0 Å². The fraction of sp³-hybridized carbons (Fsp3) is 0.571. The first kappa shape index (κ1) is 21.8. The van der Waals surface area contributed by atoms with Crippen molar-refractivity contribution < 1.29 is 18.3 Å². The zero-order valence-corrected chi connectivity index (χ0v) is 18.4. The monoisotopic (exact) mass is 421 g/mol. The van der Waals surface area contributed by atoms with E-state index in [0.717, 1.165) is 53.3 Å². The number of hydrogen-bond acceptors (Lipinski definition) is 5. The quantitative estimate of drug-likeness (QED) is 0.656. The minimum atomic E-state index is -3.94. The van der Waals surface area contributed by atoms with E-state index in [1.165, 1.54) is 0 Å². The molecule has 2 amide bonds. The van der Waals surface area contributed by atoms with Crippen LogP contribution in [-0.2, 0) is 29.3 Å². The van der Waals surface area contributed by atoms with E-state index in [-0.39, 0.29) is 0 Å². The normalized spacial score (nSPS) is 20.6. The Kier molecular flexibility index (Phi) is 6.08. The average Bonchev–Trinajstić information content (AvgIpc) is 3.26. The summed E-state index contributed by atoms with van der Waals surface area (Å²) in [5.41, 5.74) is 4.22. The molecule has 2 aliphatic carbocycles.